The summed E-state index contributed by atoms with van der Waals surface area (Å²) in [6.07, 6.45) is 4.81. The number of anilines is 1. The van der Waals surface area contributed by atoms with E-state index >= 15 is 0 Å². The molecule has 0 aromatic carbocycles. The Morgan fingerprint density at radius 3 is 2.96 bits per heavy atom. The van der Waals surface area contributed by atoms with Crippen LogP contribution in [0.15, 0.2) is 23.8 Å². The highest BCUT2D eigenvalue weighted by Gasteiger charge is 2.20. The quantitative estimate of drug-likeness (QED) is 0.652. The molecule has 0 saturated carbocycles. The standard InChI is InChI=1S/C14H17N7O2S/c1-9(22)15-2-3-16-14(23)10-6-21(4-5-24-10)13-11-12(18-7-17-11)19-8-20-13/h6-8H,2-5H2,1H3,(H,15,22)(H,16,23)(H,17,18,19,20). The summed E-state index contributed by atoms with van der Waals surface area (Å²) in [5.41, 5.74) is 1.33. The van der Waals surface area contributed by atoms with Gasteiger partial charge < -0.3 is 20.5 Å². The number of carbonyl (C=O) groups excluding carboxylic acids is 2. The van der Waals surface area contributed by atoms with Crippen molar-refractivity contribution in [3.05, 3.63) is 23.8 Å². The minimum Gasteiger partial charge on any atom is -0.355 e. The van der Waals surface area contributed by atoms with Gasteiger partial charge in [0, 0.05) is 38.5 Å². The van der Waals surface area contributed by atoms with Crippen molar-refractivity contribution in [2.24, 2.45) is 0 Å². The Kier molecular flexibility index (Phi) is 4.94. The smallest absolute Gasteiger partial charge is 0.259 e. The molecule has 0 spiro atoms. The van der Waals surface area contributed by atoms with Crippen LogP contribution in [0.25, 0.3) is 11.2 Å². The summed E-state index contributed by atoms with van der Waals surface area (Å²) in [5.74, 6) is 1.19. The van der Waals surface area contributed by atoms with Gasteiger partial charge in [0.25, 0.3) is 5.91 Å². The molecule has 0 bridgehead atoms. The first-order valence-corrected chi connectivity index (χ1v) is 8.41. The molecule has 0 aliphatic carbocycles. The summed E-state index contributed by atoms with van der Waals surface area (Å²) in [6, 6.07) is 0. The Hall–Kier alpha value is -2.62. The van der Waals surface area contributed by atoms with Crippen LogP contribution in [0.5, 0.6) is 0 Å². The summed E-state index contributed by atoms with van der Waals surface area (Å²) in [7, 11) is 0. The predicted molar refractivity (Wildman–Crippen MR) is 91.3 cm³/mol. The van der Waals surface area contributed by atoms with Gasteiger partial charge in [0.2, 0.25) is 5.91 Å². The van der Waals surface area contributed by atoms with E-state index < -0.39 is 0 Å². The van der Waals surface area contributed by atoms with Gasteiger partial charge in [0.1, 0.15) is 11.8 Å². The Morgan fingerprint density at radius 1 is 1.29 bits per heavy atom. The number of fused-ring (bicyclic) bond motifs is 1. The Bertz CT molecular complexity index is 788. The average molecular weight is 347 g/mol. The van der Waals surface area contributed by atoms with E-state index in [4.69, 9.17) is 0 Å². The molecular weight excluding hydrogens is 330 g/mol. The molecule has 0 atom stereocenters. The van der Waals surface area contributed by atoms with Gasteiger partial charge in [-0.05, 0) is 0 Å². The number of H-pyrrole nitrogens is 1. The number of nitrogens with one attached hydrogen (secondary N) is 3. The number of nitrogens with zero attached hydrogens (tertiary/aromatic N) is 4. The van der Waals surface area contributed by atoms with Crippen molar-refractivity contribution < 1.29 is 9.59 Å². The molecule has 0 fully saturated rings. The van der Waals surface area contributed by atoms with Crippen molar-refractivity contribution in [2.45, 2.75) is 6.92 Å². The van der Waals surface area contributed by atoms with E-state index in [0.29, 0.717) is 29.5 Å². The number of carbonyl (C=O) groups is 2. The van der Waals surface area contributed by atoms with Crippen LogP contribution in [-0.2, 0) is 9.59 Å². The molecule has 2 aromatic rings. The maximum atomic E-state index is 12.2. The lowest BCUT2D eigenvalue weighted by molar-refractivity contribution is -0.120. The van der Waals surface area contributed by atoms with Crippen LogP contribution in [0.3, 0.4) is 0 Å². The molecule has 0 saturated heterocycles. The van der Waals surface area contributed by atoms with Crippen molar-refractivity contribution >= 4 is 40.6 Å². The molecule has 0 radical (unpaired) electrons. The lowest BCUT2D eigenvalue weighted by Crippen LogP contribution is -2.35. The van der Waals surface area contributed by atoms with Gasteiger partial charge in [-0.1, -0.05) is 0 Å². The second-order valence-electron chi connectivity index (χ2n) is 5.07. The van der Waals surface area contributed by atoms with E-state index in [1.165, 1.54) is 25.0 Å². The second-order valence-corrected chi connectivity index (χ2v) is 6.21. The number of aromatic amines is 1. The van der Waals surface area contributed by atoms with Crippen LogP contribution in [0, 0.1) is 0 Å². The third kappa shape index (κ3) is 3.65. The maximum Gasteiger partial charge on any atom is 0.259 e. The molecule has 2 amide bonds. The van der Waals surface area contributed by atoms with Crippen molar-refractivity contribution in [1.29, 1.82) is 0 Å². The number of aromatic nitrogens is 4. The number of rotatable bonds is 5. The van der Waals surface area contributed by atoms with Crippen molar-refractivity contribution in [3.63, 3.8) is 0 Å². The van der Waals surface area contributed by atoms with Gasteiger partial charge >= 0.3 is 0 Å². The molecule has 24 heavy (non-hydrogen) atoms. The van der Waals surface area contributed by atoms with Crippen LogP contribution >= 0.6 is 11.8 Å². The zero-order valence-corrected chi connectivity index (χ0v) is 13.9. The van der Waals surface area contributed by atoms with Crippen LogP contribution in [-0.4, -0.2) is 57.1 Å². The summed E-state index contributed by atoms with van der Waals surface area (Å²) in [5, 5.41) is 5.43. The molecule has 3 rings (SSSR count). The minimum atomic E-state index is -0.162. The summed E-state index contributed by atoms with van der Waals surface area (Å²) in [4.78, 5) is 41.1. The Balaban J connectivity index is 1.70. The fourth-order valence-corrected chi connectivity index (χ4v) is 3.17. The Morgan fingerprint density at radius 2 is 2.12 bits per heavy atom. The molecule has 1 aliphatic rings. The zero-order chi connectivity index (χ0) is 16.9. The van der Waals surface area contributed by atoms with Gasteiger partial charge in [-0.2, -0.15) is 0 Å². The molecular formula is C14H17N7O2S. The average Bonchev–Trinajstić information content (AvgIpc) is 3.07. The number of amides is 2. The first kappa shape index (κ1) is 16.2. The topological polar surface area (TPSA) is 116 Å². The van der Waals surface area contributed by atoms with Gasteiger partial charge in [0.05, 0.1) is 11.2 Å². The van der Waals surface area contributed by atoms with Gasteiger partial charge in [0.15, 0.2) is 11.5 Å². The van der Waals surface area contributed by atoms with Crippen LogP contribution < -0.4 is 15.5 Å². The van der Waals surface area contributed by atoms with E-state index in [0.717, 1.165) is 17.8 Å². The SMILES string of the molecule is CC(=O)NCCNC(=O)C1=CN(c2ncnc3nc[nH]c23)CCS1. The maximum absolute atomic E-state index is 12.2. The van der Waals surface area contributed by atoms with Gasteiger partial charge in [-0.15, -0.1) is 11.8 Å². The molecule has 2 aromatic heterocycles. The monoisotopic (exact) mass is 347 g/mol. The second kappa shape index (κ2) is 7.30. The van der Waals surface area contributed by atoms with E-state index in [9.17, 15) is 9.59 Å². The molecule has 1 aliphatic heterocycles. The number of thioether (sulfide) groups is 1. The first-order chi connectivity index (χ1) is 11.6. The molecule has 9 nitrogen and oxygen atoms in total. The summed E-state index contributed by atoms with van der Waals surface area (Å²) >= 11 is 1.49. The Labute approximate surface area is 142 Å². The third-order valence-corrected chi connectivity index (χ3v) is 4.33. The molecule has 3 N–H and O–H groups in total. The molecule has 3 heterocycles. The summed E-state index contributed by atoms with van der Waals surface area (Å²) < 4.78 is 0. The first-order valence-electron chi connectivity index (χ1n) is 7.43. The largest absolute Gasteiger partial charge is 0.355 e. The fourth-order valence-electron chi connectivity index (χ4n) is 2.26. The van der Waals surface area contributed by atoms with Crippen LogP contribution in [0.1, 0.15) is 6.92 Å². The third-order valence-electron chi connectivity index (χ3n) is 3.35. The van der Waals surface area contributed by atoms with Crippen LogP contribution in [0.2, 0.25) is 0 Å². The number of hydrogen-bond donors (Lipinski definition) is 3. The molecule has 0 unspecified atom stereocenters. The van der Waals surface area contributed by atoms with Gasteiger partial charge in [-0.25, -0.2) is 15.0 Å². The van der Waals surface area contributed by atoms with E-state index in [1.54, 1.807) is 12.5 Å². The minimum absolute atomic E-state index is 0.117. The fraction of sp³-hybridized carbons (Fsp3) is 0.357. The lowest BCUT2D eigenvalue weighted by Gasteiger charge is -2.25. The number of hydrogen-bond acceptors (Lipinski definition) is 7. The van der Waals surface area contributed by atoms with Crippen molar-refractivity contribution in [2.75, 3.05) is 30.3 Å². The van der Waals surface area contributed by atoms with Crippen LogP contribution in [0.4, 0.5) is 5.82 Å². The normalized spacial score (nSPS) is 14.4. The predicted octanol–water partition coefficient (Wildman–Crippen LogP) is -0.000200. The van der Waals surface area contributed by atoms with E-state index in [2.05, 4.69) is 30.6 Å². The molecule has 10 heteroatoms. The summed E-state index contributed by atoms with van der Waals surface area (Å²) in [6.45, 7) is 2.97. The van der Waals surface area contributed by atoms with E-state index in [-0.39, 0.29) is 11.8 Å². The van der Waals surface area contributed by atoms with Crippen molar-refractivity contribution in [1.82, 2.24) is 30.6 Å². The van der Waals surface area contributed by atoms with E-state index in [1.807, 2.05) is 4.90 Å². The highest BCUT2D eigenvalue weighted by Crippen LogP contribution is 2.27. The zero-order valence-electron chi connectivity index (χ0n) is 13.1. The van der Waals surface area contributed by atoms with Gasteiger partial charge in [-0.3, -0.25) is 9.59 Å². The van der Waals surface area contributed by atoms with Crippen molar-refractivity contribution in [3.8, 4) is 0 Å². The number of imidazole rings is 1. The molecule has 126 valence electrons. The highest BCUT2D eigenvalue weighted by molar-refractivity contribution is 8.04. The highest BCUT2D eigenvalue weighted by atomic mass is 32.2. The lowest BCUT2D eigenvalue weighted by atomic mass is 10.4.